The Balaban J connectivity index is 2.10. The van der Waals surface area contributed by atoms with Gasteiger partial charge in [0, 0.05) is 18.7 Å². The summed E-state index contributed by atoms with van der Waals surface area (Å²) in [7, 11) is 0. The molecule has 0 saturated heterocycles. The SMILES string of the molecule is CCN(CC)C(=O)Cc1c(-c2ccc(C(C)(C)C)cc2)nc2ccc([18F])nn12. The molecule has 0 aliphatic rings. The van der Waals surface area contributed by atoms with Gasteiger partial charge in [-0.25, -0.2) is 9.50 Å². The summed E-state index contributed by atoms with van der Waals surface area (Å²) in [5, 5.41) is 3.96. The monoisotopic (exact) mass is 381 g/mol. The van der Waals surface area contributed by atoms with Gasteiger partial charge in [0.25, 0.3) is 0 Å². The average Bonchev–Trinajstić information content (AvgIpc) is 3.00. The zero-order valence-electron chi connectivity index (χ0n) is 17.2. The molecular formula is C22H27FN4O. The van der Waals surface area contributed by atoms with Crippen molar-refractivity contribution in [3.8, 4) is 11.3 Å². The number of hydrogen-bond donors (Lipinski definition) is 0. The summed E-state index contributed by atoms with van der Waals surface area (Å²) in [5.41, 5.74) is 3.95. The fraction of sp³-hybridized carbons (Fsp3) is 0.409. The van der Waals surface area contributed by atoms with E-state index in [2.05, 4.69) is 43.0 Å². The molecule has 1 amide bonds. The molecule has 0 N–H and O–H groups in total. The van der Waals surface area contributed by atoms with Crippen molar-refractivity contribution in [1.29, 1.82) is 0 Å². The van der Waals surface area contributed by atoms with E-state index in [-0.39, 0.29) is 17.7 Å². The van der Waals surface area contributed by atoms with E-state index in [0.717, 1.165) is 5.56 Å². The number of carbonyl (C=O) groups excluding carboxylic acids is 1. The molecule has 0 unspecified atom stereocenters. The van der Waals surface area contributed by atoms with Gasteiger partial charge in [-0.2, -0.15) is 4.39 Å². The standard InChI is InChI=1S/C22H27FN4O/c1-6-26(7-2)20(28)14-17-21(24-19-13-12-18(23)25-27(17)19)15-8-10-16(11-9-15)22(3,4)5/h8-13H,6-7,14H2,1-5H3/i23-1. The summed E-state index contributed by atoms with van der Waals surface area (Å²) < 4.78 is 15.2. The maximum atomic E-state index is 13.8. The normalized spacial score (nSPS) is 11.8. The van der Waals surface area contributed by atoms with Crippen LogP contribution in [0.3, 0.4) is 0 Å². The minimum Gasteiger partial charge on any atom is -0.343 e. The number of benzene rings is 1. The second-order valence-corrected chi connectivity index (χ2v) is 7.90. The minimum absolute atomic E-state index is 0.0228. The number of rotatable bonds is 5. The van der Waals surface area contributed by atoms with Gasteiger partial charge in [0.15, 0.2) is 5.65 Å². The lowest BCUT2D eigenvalue weighted by Crippen LogP contribution is -2.32. The molecule has 1 aromatic carbocycles. The Hall–Kier alpha value is -2.76. The molecule has 5 nitrogen and oxygen atoms in total. The average molecular weight is 381 g/mol. The van der Waals surface area contributed by atoms with Crippen LogP contribution in [0.4, 0.5) is 4.39 Å². The summed E-state index contributed by atoms with van der Waals surface area (Å²) in [5.74, 6) is -0.624. The number of fused-ring (bicyclic) bond motifs is 1. The Morgan fingerprint density at radius 1 is 1.07 bits per heavy atom. The van der Waals surface area contributed by atoms with Crippen molar-refractivity contribution in [2.45, 2.75) is 46.5 Å². The lowest BCUT2D eigenvalue weighted by atomic mass is 9.86. The molecule has 6 heteroatoms. The van der Waals surface area contributed by atoms with Crippen LogP contribution in [-0.2, 0) is 16.6 Å². The third-order valence-electron chi connectivity index (χ3n) is 5.00. The van der Waals surface area contributed by atoms with E-state index >= 15 is 0 Å². The first-order valence-electron chi connectivity index (χ1n) is 9.67. The van der Waals surface area contributed by atoms with Gasteiger partial charge in [-0.15, -0.1) is 5.10 Å². The molecule has 3 aromatic rings. The van der Waals surface area contributed by atoms with Gasteiger partial charge in [0.2, 0.25) is 11.9 Å². The number of aromatic nitrogens is 3. The Morgan fingerprint density at radius 3 is 2.29 bits per heavy atom. The van der Waals surface area contributed by atoms with Crippen LogP contribution in [0.1, 0.15) is 45.9 Å². The summed E-state index contributed by atoms with van der Waals surface area (Å²) in [6.07, 6.45) is 0.121. The second kappa shape index (κ2) is 7.70. The zero-order chi connectivity index (χ0) is 20.5. The number of carbonyl (C=O) groups is 1. The van der Waals surface area contributed by atoms with Crippen LogP contribution in [0.25, 0.3) is 16.9 Å². The van der Waals surface area contributed by atoms with E-state index < -0.39 is 5.95 Å². The Morgan fingerprint density at radius 2 is 1.71 bits per heavy atom. The van der Waals surface area contributed by atoms with Crippen LogP contribution < -0.4 is 0 Å². The van der Waals surface area contributed by atoms with Crippen LogP contribution in [0.2, 0.25) is 0 Å². The van der Waals surface area contributed by atoms with E-state index in [9.17, 15) is 9.18 Å². The molecular weight excluding hydrogens is 354 g/mol. The molecule has 0 atom stereocenters. The number of hydrogen-bond acceptors (Lipinski definition) is 3. The largest absolute Gasteiger partial charge is 0.343 e. The molecule has 0 saturated carbocycles. The summed E-state index contributed by atoms with van der Waals surface area (Å²) >= 11 is 0. The summed E-state index contributed by atoms with van der Waals surface area (Å²) in [6, 6.07) is 11.0. The molecule has 0 radical (unpaired) electrons. The Bertz CT molecular complexity index is 982. The van der Waals surface area contributed by atoms with Crippen molar-refractivity contribution in [2.75, 3.05) is 13.1 Å². The van der Waals surface area contributed by atoms with Crippen LogP contribution in [0, 0.1) is 5.95 Å². The van der Waals surface area contributed by atoms with Crippen molar-refractivity contribution in [1.82, 2.24) is 19.5 Å². The van der Waals surface area contributed by atoms with Crippen molar-refractivity contribution in [2.24, 2.45) is 0 Å². The van der Waals surface area contributed by atoms with Crippen LogP contribution >= 0.6 is 0 Å². The first-order valence-corrected chi connectivity index (χ1v) is 9.67. The predicted molar refractivity (Wildman–Crippen MR) is 109 cm³/mol. The van der Waals surface area contributed by atoms with Gasteiger partial charge in [0.05, 0.1) is 17.8 Å². The van der Waals surface area contributed by atoms with Crippen molar-refractivity contribution >= 4 is 11.6 Å². The van der Waals surface area contributed by atoms with Crippen LogP contribution in [-0.4, -0.2) is 38.5 Å². The van der Waals surface area contributed by atoms with E-state index in [0.29, 0.717) is 30.1 Å². The highest BCUT2D eigenvalue weighted by atomic mass is 18.2. The first kappa shape index (κ1) is 20.0. The van der Waals surface area contributed by atoms with Gasteiger partial charge in [-0.3, -0.25) is 4.79 Å². The molecule has 2 aromatic heterocycles. The van der Waals surface area contributed by atoms with Crippen LogP contribution in [0.15, 0.2) is 36.4 Å². The number of halogens is 1. The lowest BCUT2D eigenvalue weighted by molar-refractivity contribution is -0.130. The van der Waals surface area contributed by atoms with Gasteiger partial charge >= 0.3 is 0 Å². The molecule has 0 bridgehead atoms. The maximum Gasteiger partial charge on any atom is 0.231 e. The van der Waals surface area contributed by atoms with E-state index in [1.54, 1.807) is 11.0 Å². The van der Waals surface area contributed by atoms with Gasteiger partial charge in [0.1, 0.15) is 0 Å². The fourth-order valence-electron chi connectivity index (χ4n) is 3.31. The molecule has 148 valence electrons. The highest BCUT2D eigenvalue weighted by Crippen LogP contribution is 2.28. The molecule has 2 heterocycles. The van der Waals surface area contributed by atoms with Crippen LogP contribution in [0.5, 0.6) is 0 Å². The molecule has 0 spiro atoms. The summed E-state index contributed by atoms with van der Waals surface area (Å²) in [6.45, 7) is 11.6. The first-order chi connectivity index (χ1) is 13.2. The number of nitrogens with zero attached hydrogens (tertiary/aromatic N) is 4. The van der Waals surface area contributed by atoms with E-state index in [1.165, 1.54) is 16.1 Å². The van der Waals surface area contributed by atoms with E-state index in [4.69, 9.17) is 0 Å². The lowest BCUT2D eigenvalue weighted by Gasteiger charge is -2.19. The Kier molecular flexibility index (Phi) is 5.49. The molecule has 0 fully saturated rings. The zero-order valence-corrected chi connectivity index (χ0v) is 17.2. The highest BCUT2D eigenvalue weighted by Gasteiger charge is 2.21. The quantitative estimate of drug-likeness (QED) is 0.664. The molecule has 3 rings (SSSR count). The van der Waals surface area contributed by atoms with Gasteiger partial charge in [-0.1, -0.05) is 45.0 Å². The van der Waals surface area contributed by atoms with Crippen molar-refractivity contribution in [3.05, 3.63) is 53.6 Å². The minimum atomic E-state index is -0.601. The molecule has 28 heavy (non-hydrogen) atoms. The third kappa shape index (κ3) is 3.91. The molecule has 0 aliphatic heterocycles. The van der Waals surface area contributed by atoms with E-state index in [1.807, 2.05) is 26.0 Å². The number of imidazole rings is 1. The number of likely N-dealkylation sites (N-methyl/N-ethyl adjacent to an activating group) is 1. The third-order valence-corrected chi connectivity index (χ3v) is 5.00. The smallest absolute Gasteiger partial charge is 0.231 e. The summed E-state index contributed by atoms with van der Waals surface area (Å²) in [4.78, 5) is 19.1. The topological polar surface area (TPSA) is 50.5 Å². The van der Waals surface area contributed by atoms with Gasteiger partial charge < -0.3 is 4.90 Å². The van der Waals surface area contributed by atoms with Crippen molar-refractivity contribution < 1.29 is 9.18 Å². The van der Waals surface area contributed by atoms with Gasteiger partial charge in [-0.05, 0) is 37.0 Å². The fourth-order valence-corrected chi connectivity index (χ4v) is 3.31. The second-order valence-electron chi connectivity index (χ2n) is 7.90. The van der Waals surface area contributed by atoms with Crippen molar-refractivity contribution in [3.63, 3.8) is 0 Å². The number of amides is 1. The highest BCUT2D eigenvalue weighted by molar-refractivity contribution is 5.81. The Labute approximate surface area is 165 Å². The predicted octanol–water partition coefficient (Wildman–Crippen LogP) is 4.24. The molecule has 0 aliphatic carbocycles. The maximum absolute atomic E-state index is 13.8.